The van der Waals surface area contributed by atoms with E-state index in [1.54, 1.807) is 0 Å². The van der Waals surface area contributed by atoms with Gasteiger partial charge in [0.2, 0.25) is 5.95 Å². The Morgan fingerprint density at radius 3 is 2.88 bits per heavy atom. The highest BCUT2D eigenvalue weighted by Crippen LogP contribution is 2.29. The highest BCUT2D eigenvalue weighted by atomic mass is 16.2. The molecule has 4 nitrogen and oxygen atoms in total. The molecule has 1 aliphatic carbocycles. The molecule has 0 aliphatic heterocycles. The quantitative estimate of drug-likeness (QED) is 0.740. The Hall–Kier alpha value is -1.16. The van der Waals surface area contributed by atoms with Gasteiger partial charge in [-0.3, -0.25) is 0 Å². The standard InChI is InChI=1S/C12H19N3O/c1-10-6-7-13-12(14-10)15(11-4-5-11)8-2-3-9-16/h6-7,11,16H,2-5,8-9H2,1H3. The minimum absolute atomic E-state index is 0.271. The van der Waals surface area contributed by atoms with Crippen molar-refractivity contribution in [3.63, 3.8) is 0 Å². The Labute approximate surface area is 96.3 Å². The Bertz CT molecular complexity index is 339. The molecule has 0 radical (unpaired) electrons. The molecule has 1 aromatic heterocycles. The summed E-state index contributed by atoms with van der Waals surface area (Å²) in [6, 6.07) is 2.54. The van der Waals surface area contributed by atoms with Crippen LogP contribution < -0.4 is 4.90 Å². The van der Waals surface area contributed by atoms with Crippen LogP contribution in [0.15, 0.2) is 12.3 Å². The zero-order valence-electron chi connectivity index (χ0n) is 9.76. The topological polar surface area (TPSA) is 49.2 Å². The van der Waals surface area contributed by atoms with E-state index in [9.17, 15) is 0 Å². The third-order valence-electron chi connectivity index (χ3n) is 2.83. The van der Waals surface area contributed by atoms with Crippen molar-refractivity contribution in [3.05, 3.63) is 18.0 Å². The van der Waals surface area contributed by atoms with Crippen LogP contribution in [0.3, 0.4) is 0 Å². The minimum atomic E-state index is 0.271. The van der Waals surface area contributed by atoms with Gasteiger partial charge in [0.1, 0.15) is 0 Å². The third kappa shape index (κ3) is 2.92. The number of anilines is 1. The second-order valence-corrected chi connectivity index (χ2v) is 4.35. The Morgan fingerprint density at radius 1 is 1.44 bits per heavy atom. The zero-order chi connectivity index (χ0) is 11.4. The lowest BCUT2D eigenvalue weighted by molar-refractivity contribution is 0.285. The first-order chi connectivity index (χ1) is 7.81. The molecule has 1 aromatic rings. The van der Waals surface area contributed by atoms with Gasteiger partial charge in [0.15, 0.2) is 0 Å². The number of rotatable bonds is 6. The molecular weight excluding hydrogens is 202 g/mol. The van der Waals surface area contributed by atoms with E-state index in [4.69, 9.17) is 5.11 Å². The van der Waals surface area contributed by atoms with Gasteiger partial charge in [-0.1, -0.05) is 0 Å². The molecule has 4 heteroatoms. The fourth-order valence-electron chi connectivity index (χ4n) is 1.80. The van der Waals surface area contributed by atoms with Gasteiger partial charge in [-0.05, 0) is 38.7 Å². The van der Waals surface area contributed by atoms with Crippen molar-refractivity contribution < 1.29 is 5.11 Å². The van der Waals surface area contributed by atoms with Gasteiger partial charge < -0.3 is 10.0 Å². The van der Waals surface area contributed by atoms with E-state index in [1.807, 2.05) is 19.2 Å². The van der Waals surface area contributed by atoms with E-state index in [0.29, 0.717) is 6.04 Å². The molecule has 0 spiro atoms. The molecule has 1 aliphatic rings. The molecule has 16 heavy (non-hydrogen) atoms. The SMILES string of the molecule is Cc1ccnc(N(CCCCO)C2CC2)n1. The molecule has 1 N–H and O–H groups in total. The Morgan fingerprint density at radius 2 is 2.25 bits per heavy atom. The molecule has 0 atom stereocenters. The molecule has 2 rings (SSSR count). The van der Waals surface area contributed by atoms with Crippen LogP contribution in [-0.2, 0) is 0 Å². The van der Waals surface area contributed by atoms with Gasteiger partial charge >= 0.3 is 0 Å². The predicted molar refractivity (Wildman–Crippen MR) is 63.5 cm³/mol. The Kier molecular flexibility index (Phi) is 3.72. The average Bonchev–Trinajstić information content (AvgIpc) is 3.08. The Balaban J connectivity index is 2.01. The summed E-state index contributed by atoms with van der Waals surface area (Å²) in [7, 11) is 0. The van der Waals surface area contributed by atoms with Crippen molar-refractivity contribution in [1.82, 2.24) is 9.97 Å². The van der Waals surface area contributed by atoms with Gasteiger partial charge in [0.25, 0.3) is 0 Å². The van der Waals surface area contributed by atoms with Crippen LogP contribution >= 0.6 is 0 Å². The van der Waals surface area contributed by atoms with Crippen LogP contribution in [0.2, 0.25) is 0 Å². The van der Waals surface area contributed by atoms with E-state index in [-0.39, 0.29) is 6.61 Å². The smallest absolute Gasteiger partial charge is 0.225 e. The summed E-state index contributed by atoms with van der Waals surface area (Å²) in [4.78, 5) is 11.1. The van der Waals surface area contributed by atoms with Gasteiger partial charge in [-0.25, -0.2) is 9.97 Å². The maximum atomic E-state index is 8.80. The zero-order valence-corrected chi connectivity index (χ0v) is 9.76. The van der Waals surface area contributed by atoms with Crippen LogP contribution in [0.1, 0.15) is 31.4 Å². The second-order valence-electron chi connectivity index (χ2n) is 4.35. The number of nitrogens with zero attached hydrogens (tertiary/aromatic N) is 3. The summed E-state index contributed by atoms with van der Waals surface area (Å²) < 4.78 is 0. The highest BCUT2D eigenvalue weighted by molar-refractivity contribution is 5.34. The first kappa shape index (κ1) is 11.3. The van der Waals surface area contributed by atoms with Gasteiger partial charge in [0.05, 0.1) is 0 Å². The van der Waals surface area contributed by atoms with E-state index < -0.39 is 0 Å². The number of unbranched alkanes of at least 4 members (excludes halogenated alkanes) is 1. The summed E-state index contributed by atoms with van der Waals surface area (Å²) in [5, 5.41) is 8.80. The maximum Gasteiger partial charge on any atom is 0.225 e. The lowest BCUT2D eigenvalue weighted by Crippen LogP contribution is -2.29. The number of aromatic nitrogens is 2. The van der Waals surface area contributed by atoms with Crippen molar-refractivity contribution in [2.45, 2.75) is 38.6 Å². The van der Waals surface area contributed by atoms with E-state index in [1.165, 1.54) is 12.8 Å². The largest absolute Gasteiger partial charge is 0.396 e. The number of aliphatic hydroxyl groups is 1. The maximum absolute atomic E-state index is 8.80. The number of aliphatic hydroxyl groups excluding tert-OH is 1. The molecule has 0 saturated heterocycles. The van der Waals surface area contributed by atoms with E-state index in [2.05, 4.69) is 14.9 Å². The molecule has 0 amide bonds. The summed E-state index contributed by atoms with van der Waals surface area (Å²) >= 11 is 0. The monoisotopic (exact) mass is 221 g/mol. The molecule has 0 bridgehead atoms. The summed E-state index contributed by atoms with van der Waals surface area (Å²) in [5.41, 5.74) is 1.01. The van der Waals surface area contributed by atoms with Crippen LogP contribution in [0.5, 0.6) is 0 Å². The first-order valence-electron chi connectivity index (χ1n) is 5.98. The van der Waals surface area contributed by atoms with Crippen LogP contribution in [-0.4, -0.2) is 34.3 Å². The predicted octanol–water partition coefficient (Wildman–Crippen LogP) is 1.53. The summed E-state index contributed by atoms with van der Waals surface area (Å²) in [6.07, 6.45) is 6.17. The van der Waals surface area contributed by atoms with Crippen molar-refractivity contribution in [2.24, 2.45) is 0 Å². The fraction of sp³-hybridized carbons (Fsp3) is 0.667. The van der Waals surface area contributed by atoms with Gasteiger partial charge in [0, 0.05) is 31.1 Å². The van der Waals surface area contributed by atoms with Crippen molar-refractivity contribution >= 4 is 5.95 Å². The van der Waals surface area contributed by atoms with Crippen LogP contribution in [0.25, 0.3) is 0 Å². The number of aryl methyl sites for hydroxylation is 1. The lowest BCUT2D eigenvalue weighted by atomic mass is 10.3. The summed E-state index contributed by atoms with van der Waals surface area (Å²) in [6.45, 7) is 3.21. The lowest BCUT2D eigenvalue weighted by Gasteiger charge is -2.22. The highest BCUT2D eigenvalue weighted by Gasteiger charge is 2.30. The van der Waals surface area contributed by atoms with Gasteiger partial charge in [-0.15, -0.1) is 0 Å². The van der Waals surface area contributed by atoms with Crippen molar-refractivity contribution in [2.75, 3.05) is 18.1 Å². The third-order valence-corrected chi connectivity index (χ3v) is 2.83. The van der Waals surface area contributed by atoms with Crippen molar-refractivity contribution in [1.29, 1.82) is 0 Å². The molecule has 0 aromatic carbocycles. The van der Waals surface area contributed by atoms with E-state index >= 15 is 0 Å². The molecular formula is C12H19N3O. The molecule has 88 valence electrons. The fourth-order valence-corrected chi connectivity index (χ4v) is 1.80. The second kappa shape index (κ2) is 5.25. The normalized spacial score (nSPS) is 15.1. The van der Waals surface area contributed by atoms with E-state index in [0.717, 1.165) is 31.0 Å². The number of hydrogen-bond donors (Lipinski definition) is 1. The average molecular weight is 221 g/mol. The number of hydrogen-bond acceptors (Lipinski definition) is 4. The van der Waals surface area contributed by atoms with Crippen molar-refractivity contribution in [3.8, 4) is 0 Å². The molecule has 0 unspecified atom stereocenters. The van der Waals surface area contributed by atoms with Crippen LogP contribution in [0.4, 0.5) is 5.95 Å². The summed E-state index contributed by atoms with van der Waals surface area (Å²) in [5.74, 6) is 0.848. The van der Waals surface area contributed by atoms with Gasteiger partial charge in [-0.2, -0.15) is 0 Å². The first-order valence-corrected chi connectivity index (χ1v) is 5.98. The minimum Gasteiger partial charge on any atom is -0.396 e. The van der Waals surface area contributed by atoms with Crippen LogP contribution in [0, 0.1) is 6.92 Å². The molecule has 1 saturated carbocycles. The molecule has 1 heterocycles. The molecule has 1 fully saturated rings.